The highest BCUT2D eigenvalue weighted by molar-refractivity contribution is 5.86. The van der Waals surface area contributed by atoms with E-state index in [1.54, 1.807) is 6.07 Å². The summed E-state index contributed by atoms with van der Waals surface area (Å²) in [4.78, 5) is 11.4. The fourth-order valence-electron chi connectivity index (χ4n) is 2.59. The SMILES string of the molecule is O=C(O)C1(c2cc(F)ccc2OCC2CCC2)CC1. The van der Waals surface area contributed by atoms with Crippen LogP contribution in [-0.4, -0.2) is 17.7 Å². The molecule has 4 heteroatoms. The number of aliphatic carboxylic acids is 1. The smallest absolute Gasteiger partial charge is 0.314 e. The topological polar surface area (TPSA) is 46.5 Å². The maximum Gasteiger partial charge on any atom is 0.314 e. The van der Waals surface area contributed by atoms with Gasteiger partial charge in [0.25, 0.3) is 0 Å². The van der Waals surface area contributed by atoms with Gasteiger partial charge in [0.1, 0.15) is 11.6 Å². The van der Waals surface area contributed by atoms with E-state index >= 15 is 0 Å². The van der Waals surface area contributed by atoms with E-state index in [4.69, 9.17) is 4.74 Å². The minimum atomic E-state index is -0.920. The van der Waals surface area contributed by atoms with Gasteiger partial charge in [-0.2, -0.15) is 0 Å². The highest BCUT2D eigenvalue weighted by Crippen LogP contribution is 2.51. The van der Waals surface area contributed by atoms with Gasteiger partial charge in [-0.25, -0.2) is 4.39 Å². The summed E-state index contributed by atoms with van der Waals surface area (Å²) in [6.45, 7) is 0.605. The van der Waals surface area contributed by atoms with Crippen molar-refractivity contribution >= 4 is 5.97 Å². The van der Waals surface area contributed by atoms with E-state index in [9.17, 15) is 14.3 Å². The van der Waals surface area contributed by atoms with Crippen LogP contribution in [0.1, 0.15) is 37.7 Å². The Balaban J connectivity index is 1.84. The summed E-state index contributed by atoms with van der Waals surface area (Å²) in [6.07, 6.45) is 4.70. The highest BCUT2D eigenvalue weighted by atomic mass is 19.1. The van der Waals surface area contributed by atoms with E-state index in [0.29, 0.717) is 36.7 Å². The lowest BCUT2D eigenvalue weighted by molar-refractivity contribution is -0.140. The molecule has 0 aromatic heterocycles. The van der Waals surface area contributed by atoms with Gasteiger partial charge in [-0.1, -0.05) is 6.42 Å². The predicted molar refractivity (Wildman–Crippen MR) is 67.8 cm³/mol. The Bertz CT molecular complexity index is 504. The largest absolute Gasteiger partial charge is 0.493 e. The average Bonchev–Trinajstić information content (AvgIpc) is 3.10. The van der Waals surface area contributed by atoms with Crippen molar-refractivity contribution in [3.8, 4) is 5.75 Å². The second kappa shape index (κ2) is 4.51. The summed E-state index contributed by atoms with van der Waals surface area (Å²) in [7, 11) is 0. The van der Waals surface area contributed by atoms with Crippen LogP contribution in [0, 0.1) is 11.7 Å². The molecule has 2 fully saturated rings. The van der Waals surface area contributed by atoms with Gasteiger partial charge >= 0.3 is 5.97 Å². The molecule has 0 saturated heterocycles. The molecule has 0 amide bonds. The van der Waals surface area contributed by atoms with E-state index in [1.165, 1.54) is 31.4 Å². The van der Waals surface area contributed by atoms with Crippen molar-refractivity contribution < 1.29 is 19.0 Å². The van der Waals surface area contributed by atoms with Gasteiger partial charge in [0.05, 0.1) is 12.0 Å². The molecule has 0 unspecified atom stereocenters. The molecular formula is C15H17FO3. The molecule has 2 aliphatic carbocycles. The summed E-state index contributed by atoms with van der Waals surface area (Å²) in [5.74, 6) is -0.184. The molecule has 2 aliphatic rings. The quantitative estimate of drug-likeness (QED) is 0.888. The van der Waals surface area contributed by atoms with Crippen molar-refractivity contribution in [1.29, 1.82) is 0 Å². The summed E-state index contributed by atoms with van der Waals surface area (Å²) in [5, 5.41) is 9.33. The molecule has 1 aromatic rings. The van der Waals surface area contributed by atoms with Crippen molar-refractivity contribution in [3.63, 3.8) is 0 Å². The highest BCUT2D eigenvalue weighted by Gasteiger charge is 2.53. The van der Waals surface area contributed by atoms with Crippen LogP contribution >= 0.6 is 0 Å². The molecule has 3 rings (SSSR count). The van der Waals surface area contributed by atoms with Gasteiger partial charge in [-0.3, -0.25) is 4.79 Å². The van der Waals surface area contributed by atoms with Gasteiger partial charge in [0.15, 0.2) is 0 Å². The van der Waals surface area contributed by atoms with E-state index < -0.39 is 17.2 Å². The lowest BCUT2D eigenvalue weighted by Gasteiger charge is -2.26. The molecule has 19 heavy (non-hydrogen) atoms. The lowest BCUT2D eigenvalue weighted by Crippen LogP contribution is -2.23. The first-order chi connectivity index (χ1) is 9.12. The van der Waals surface area contributed by atoms with Crippen LogP contribution in [0.25, 0.3) is 0 Å². The van der Waals surface area contributed by atoms with E-state index in [-0.39, 0.29) is 0 Å². The summed E-state index contributed by atoms with van der Waals surface area (Å²) in [5.41, 5.74) is -0.420. The Hall–Kier alpha value is -1.58. The van der Waals surface area contributed by atoms with Crippen molar-refractivity contribution in [3.05, 3.63) is 29.6 Å². The molecule has 0 spiro atoms. The van der Waals surface area contributed by atoms with Crippen molar-refractivity contribution in [2.24, 2.45) is 5.92 Å². The first-order valence-electron chi connectivity index (χ1n) is 6.78. The molecule has 102 valence electrons. The Kier molecular flexibility index (Phi) is 2.96. The van der Waals surface area contributed by atoms with Crippen LogP contribution in [0.4, 0.5) is 4.39 Å². The average molecular weight is 264 g/mol. The normalized spacial score (nSPS) is 20.7. The number of ether oxygens (including phenoxy) is 1. The number of benzene rings is 1. The third-order valence-corrected chi connectivity index (χ3v) is 4.32. The maximum atomic E-state index is 13.4. The summed E-state index contributed by atoms with van der Waals surface area (Å²) >= 11 is 0. The zero-order valence-corrected chi connectivity index (χ0v) is 10.7. The zero-order valence-electron chi connectivity index (χ0n) is 10.7. The number of hydrogen-bond acceptors (Lipinski definition) is 2. The van der Waals surface area contributed by atoms with Crippen LogP contribution in [0.2, 0.25) is 0 Å². The van der Waals surface area contributed by atoms with Gasteiger partial charge in [0.2, 0.25) is 0 Å². The Morgan fingerprint density at radius 1 is 1.42 bits per heavy atom. The van der Waals surface area contributed by atoms with Crippen molar-refractivity contribution in [2.45, 2.75) is 37.5 Å². The summed E-state index contributed by atoms with van der Waals surface area (Å²) in [6, 6.07) is 4.21. The van der Waals surface area contributed by atoms with Crippen LogP contribution < -0.4 is 4.74 Å². The Morgan fingerprint density at radius 3 is 2.68 bits per heavy atom. The molecule has 1 aromatic carbocycles. The number of carbonyl (C=O) groups is 1. The second-order valence-electron chi connectivity index (χ2n) is 5.64. The van der Waals surface area contributed by atoms with Gasteiger partial charge in [0, 0.05) is 5.56 Å². The number of carboxylic acids is 1. The first-order valence-corrected chi connectivity index (χ1v) is 6.78. The monoisotopic (exact) mass is 264 g/mol. The number of halogens is 1. The molecule has 3 nitrogen and oxygen atoms in total. The lowest BCUT2D eigenvalue weighted by atomic mass is 9.86. The molecule has 0 atom stereocenters. The van der Waals surface area contributed by atoms with Gasteiger partial charge in [-0.05, 0) is 49.8 Å². The van der Waals surface area contributed by atoms with E-state index in [0.717, 1.165) is 0 Å². The molecule has 0 radical (unpaired) electrons. The fourth-order valence-corrected chi connectivity index (χ4v) is 2.59. The predicted octanol–water partition coefficient (Wildman–Crippen LogP) is 3.12. The molecule has 0 heterocycles. The van der Waals surface area contributed by atoms with Crippen LogP contribution in [0.15, 0.2) is 18.2 Å². The molecule has 0 aliphatic heterocycles. The van der Waals surface area contributed by atoms with Gasteiger partial charge < -0.3 is 9.84 Å². The van der Waals surface area contributed by atoms with E-state index in [1.807, 2.05) is 0 Å². The number of rotatable bonds is 5. The molecule has 1 N–H and O–H groups in total. The summed E-state index contributed by atoms with van der Waals surface area (Å²) < 4.78 is 19.1. The van der Waals surface area contributed by atoms with Gasteiger partial charge in [-0.15, -0.1) is 0 Å². The Labute approximate surface area is 111 Å². The van der Waals surface area contributed by atoms with Crippen molar-refractivity contribution in [2.75, 3.05) is 6.61 Å². The third-order valence-electron chi connectivity index (χ3n) is 4.32. The fraction of sp³-hybridized carbons (Fsp3) is 0.533. The second-order valence-corrected chi connectivity index (χ2v) is 5.64. The zero-order chi connectivity index (χ0) is 13.5. The van der Waals surface area contributed by atoms with Crippen LogP contribution in [0.5, 0.6) is 5.75 Å². The van der Waals surface area contributed by atoms with Crippen LogP contribution in [-0.2, 0) is 10.2 Å². The standard InChI is InChI=1S/C15H17FO3/c16-11-4-5-13(19-9-10-2-1-3-10)12(8-11)15(6-7-15)14(17)18/h4-5,8,10H,1-3,6-7,9H2,(H,17,18). The minimum absolute atomic E-state index is 0.404. The molecule has 2 saturated carbocycles. The third kappa shape index (κ3) is 2.20. The maximum absolute atomic E-state index is 13.4. The number of hydrogen-bond donors (Lipinski definition) is 1. The Morgan fingerprint density at radius 2 is 2.16 bits per heavy atom. The molecule has 0 bridgehead atoms. The van der Waals surface area contributed by atoms with Crippen molar-refractivity contribution in [1.82, 2.24) is 0 Å². The molecular weight excluding hydrogens is 247 g/mol. The minimum Gasteiger partial charge on any atom is -0.493 e. The van der Waals surface area contributed by atoms with E-state index in [2.05, 4.69) is 0 Å². The number of carboxylic acid groups (broad SMARTS) is 1. The van der Waals surface area contributed by atoms with Crippen LogP contribution in [0.3, 0.4) is 0 Å². The first kappa shape index (κ1) is 12.5.